The van der Waals surface area contributed by atoms with Gasteiger partial charge in [0.05, 0.1) is 6.10 Å². The molecule has 0 amide bonds. The number of carbonyl (C=O) groups is 9. The number of esters is 9. The van der Waals surface area contributed by atoms with Crippen LogP contribution in [0.5, 0.6) is 0 Å². The number of hydrogen-bond acceptors (Lipinski definition) is 24. The summed E-state index contributed by atoms with van der Waals surface area (Å²) in [5.41, 5.74) is 0. The Kier molecular flexibility index (Phi) is 18.8. The first-order valence-electron chi connectivity index (χ1n) is 18.8. The molecule has 3 rings (SSSR count). The fraction of sp³-hybridized carbons (Fsp3) is 0.757. The quantitative estimate of drug-likeness (QED) is 0.136. The highest BCUT2D eigenvalue weighted by molar-refractivity contribution is 5.70. The molecule has 24 heteroatoms. The highest BCUT2D eigenvalue weighted by atomic mass is 16.8. The Labute approximate surface area is 349 Å². The van der Waals surface area contributed by atoms with E-state index in [1.807, 2.05) is 0 Å². The Morgan fingerprint density at radius 1 is 0.361 bits per heavy atom. The van der Waals surface area contributed by atoms with Crippen LogP contribution < -0.4 is 0 Å². The van der Waals surface area contributed by atoms with E-state index in [9.17, 15) is 43.2 Å². The molecule has 0 spiro atoms. The summed E-state index contributed by atoms with van der Waals surface area (Å²) in [5.74, 6) is -8.03. The zero-order chi connectivity index (χ0) is 45.9. The van der Waals surface area contributed by atoms with Crippen LogP contribution in [0.3, 0.4) is 0 Å². The van der Waals surface area contributed by atoms with Crippen molar-refractivity contribution in [2.24, 2.45) is 0 Å². The van der Waals surface area contributed by atoms with Gasteiger partial charge >= 0.3 is 53.7 Å². The van der Waals surface area contributed by atoms with E-state index in [4.69, 9.17) is 71.1 Å². The Balaban J connectivity index is 2.34. The van der Waals surface area contributed by atoms with Crippen molar-refractivity contribution in [1.82, 2.24) is 0 Å². The lowest BCUT2D eigenvalue weighted by atomic mass is 9.95. The fourth-order valence-corrected chi connectivity index (χ4v) is 6.72. The molecule has 0 radical (unpaired) electrons. The monoisotopic (exact) mass is 880 g/mol. The van der Waals surface area contributed by atoms with Gasteiger partial charge in [-0.1, -0.05) is 0 Å². The molecule has 3 aliphatic heterocycles. The summed E-state index contributed by atoms with van der Waals surface area (Å²) in [7, 11) is 1.17. The third-order valence-electron chi connectivity index (χ3n) is 8.74. The van der Waals surface area contributed by atoms with E-state index in [0.717, 1.165) is 62.3 Å². The summed E-state index contributed by atoms with van der Waals surface area (Å²) >= 11 is 0. The molecule has 15 atom stereocenters. The molecule has 0 bridgehead atoms. The van der Waals surface area contributed by atoms with Crippen LogP contribution >= 0.6 is 0 Å². The van der Waals surface area contributed by atoms with Gasteiger partial charge in [0, 0.05) is 69.4 Å². The van der Waals surface area contributed by atoms with Crippen molar-refractivity contribution < 1.29 is 114 Å². The zero-order valence-electron chi connectivity index (χ0n) is 35.4. The predicted molar refractivity (Wildman–Crippen MR) is 191 cm³/mol. The second-order valence-corrected chi connectivity index (χ2v) is 13.9. The normalized spacial score (nSPS) is 33.4. The van der Waals surface area contributed by atoms with E-state index in [0.29, 0.717) is 0 Å². The summed E-state index contributed by atoms with van der Waals surface area (Å²) < 4.78 is 85.8. The van der Waals surface area contributed by atoms with E-state index in [1.54, 1.807) is 0 Å². The Hall–Kier alpha value is -5.01. The van der Waals surface area contributed by atoms with Gasteiger partial charge in [-0.25, -0.2) is 0 Å². The molecule has 3 aliphatic rings. The minimum Gasteiger partial charge on any atom is -0.463 e. The maximum absolute atomic E-state index is 12.8. The van der Waals surface area contributed by atoms with Crippen LogP contribution in [0.1, 0.15) is 69.2 Å². The summed E-state index contributed by atoms with van der Waals surface area (Å²) in [6.07, 6.45) is -24.6. The molecule has 0 aliphatic carbocycles. The van der Waals surface area contributed by atoms with Crippen molar-refractivity contribution in [3.05, 3.63) is 0 Å². The molecule has 24 nitrogen and oxygen atoms in total. The fourth-order valence-electron chi connectivity index (χ4n) is 6.72. The molecular formula is C37H52O24. The van der Waals surface area contributed by atoms with Crippen molar-refractivity contribution in [3.63, 3.8) is 0 Å². The van der Waals surface area contributed by atoms with Crippen molar-refractivity contribution in [2.75, 3.05) is 20.3 Å². The molecule has 3 saturated heterocycles. The molecule has 0 unspecified atom stereocenters. The lowest BCUT2D eigenvalue weighted by Gasteiger charge is -2.50. The zero-order valence-corrected chi connectivity index (χ0v) is 35.4. The van der Waals surface area contributed by atoms with Gasteiger partial charge in [-0.15, -0.1) is 0 Å². The average molecular weight is 881 g/mol. The Morgan fingerprint density at radius 2 is 0.672 bits per heavy atom. The topological polar surface area (TPSA) is 292 Å². The maximum atomic E-state index is 12.8. The smallest absolute Gasteiger partial charge is 0.303 e. The van der Waals surface area contributed by atoms with Crippen molar-refractivity contribution in [1.29, 1.82) is 0 Å². The number of ether oxygens (including phenoxy) is 15. The first-order chi connectivity index (χ1) is 28.5. The van der Waals surface area contributed by atoms with Crippen LogP contribution in [-0.4, -0.2) is 166 Å². The van der Waals surface area contributed by atoms with Crippen LogP contribution in [-0.2, 0) is 114 Å². The largest absolute Gasteiger partial charge is 0.463 e. The molecule has 0 aromatic heterocycles. The average Bonchev–Trinajstić information content (AvgIpc) is 3.12. The van der Waals surface area contributed by atoms with Gasteiger partial charge in [0.2, 0.25) is 0 Å². The van der Waals surface area contributed by atoms with E-state index in [1.165, 1.54) is 14.0 Å². The van der Waals surface area contributed by atoms with Crippen LogP contribution in [0.2, 0.25) is 0 Å². The predicted octanol–water partition coefficient (Wildman–Crippen LogP) is -0.754. The second kappa shape index (κ2) is 22.7. The molecule has 3 fully saturated rings. The third-order valence-corrected chi connectivity index (χ3v) is 8.74. The van der Waals surface area contributed by atoms with Gasteiger partial charge in [0.15, 0.2) is 67.7 Å². The van der Waals surface area contributed by atoms with Crippen LogP contribution in [0.15, 0.2) is 0 Å². The summed E-state index contributed by atoms with van der Waals surface area (Å²) in [5, 5.41) is 0. The molecule has 61 heavy (non-hydrogen) atoms. The molecular weight excluding hydrogens is 828 g/mol. The molecule has 0 aromatic carbocycles. The minimum atomic E-state index is -1.99. The molecule has 344 valence electrons. The minimum absolute atomic E-state index is 0.566. The van der Waals surface area contributed by atoms with Crippen LogP contribution in [0, 0.1) is 0 Å². The number of methoxy groups -OCH3 is 1. The van der Waals surface area contributed by atoms with Gasteiger partial charge < -0.3 is 71.1 Å². The Morgan fingerprint density at radius 3 is 1.08 bits per heavy atom. The van der Waals surface area contributed by atoms with Gasteiger partial charge in [-0.05, 0) is 6.92 Å². The van der Waals surface area contributed by atoms with Crippen molar-refractivity contribution in [2.45, 2.75) is 161 Å². The number of carbonyl (C=O) groups excluding carboxylic acids is 9. The SMILES string of the molecule is CO[C@@H]1O[C@H](COC(C)=O)[C@@H](OC(C)=O)[C@H](O[C@@H]2O[C@H](COC(C)=O)[C@H](OC(C)=O)[C@H](OC(C)=O)[C@H]2O[C@@H]2O[C@@H](C)[C@@H](OC(C)=O)[C@@H](OC(C)=O)[C@@H]2OC(C)=O)[C@H]1OC(C)=O. The van der Waals surface area contributed by atoms with E-state index < -0.39 is 159 Å². The first kappa shape index (κ1) is 50.3. The van der Waals surface area contributed by atoms with Gasteiger partial charge in [-0.2, -0.15) is 0 Å². The molecule has 3 heterocycles. The lowest BCUT2D eigenvalue weighted by Crippen LogP contribution is -2.69. The number of hydrogen-bond donors (Lipinski definition) is 0. The van der Waals surface area contributed by atoms with Crippen LogP contribution in [0.4, 0.5) is 0 Å². The lowest BCUT2D eigenvalue weighted by molar-refractivity contribution is -0.387. The first-order valence-corrected chi connectivity index (χ1v) is 18.8. The third kappa shape index (κ3) is 14.6. The van der Waals surface area contributed by atoms with Crippen molar-refractivity contribution in [3.8, 4) is 0 Å². The molecule has 0 saturated carbocycles. The second-order valence-electron chi connectivity index (χ2n) is 13.9. The standard InChI is InChI=1S/C37H52O24/c1-14-26(51-17(4)40)29(54-20(7)43)33(57-23(10)46)36(50-14)61-34-30(55-21(8)44)27(52-18(5)41)25(13-49-16(3)39)59-37(34)60-31-28(53-19(6)42)24(12-48-15(2)38)58-35(47-11)32(31)56-22(9)45/h14,24-37H,12-13H2,1-11H3/t14-,24+,25+,26+,27-,28+,29+,30-,31-,32+,33-,34+,35+,36-,37-/m0/s1. The Bertz CT molecular complexity index is 1610. The van der Waals surface area contributed by atoms with E-state index in [-0.39, 0.29) is 0 Å². The van der Waals surface area contributed by atoms with Gasteiger partial charge in [-0.3, -0.25) is 43.2 Å². The number of rotatable bonds is 16. The highest BCUT2D eigenvalue weighted by Crippen LogP contribution is 2.38. The molecule has 0 N–H and O–H groups in total. The van der Waals surface area contributed by atoms with E-state index in [2.05, 4.69) is 0 Å². The van der Waals surface area contributed by atoms with Gasteiger partial charge in [0.25, 0.3) is 0 Å². The maximum Gasteiger partial charge on any atom is 0.303 e. The summed E-state index contributed by atoms with van der Waals surface area (Å²) in [4.78, 5) is 112. The van der Waals surface area contributed by atoms with Crippen molar-refractivity contribution >= 4 is 53.7 Å². The summed E-state index contributed by atoms with van der Waals surface area (Å²) in [6.45, 7) is 9.50. The highest BCUT2D eigenvalue weighted by Gasteiger charge is 2.59. The summed E-state index contributed by atoms with van der Waals surface area (Å²) in [6, 6.07) is 0. The molecule has 0 aromatic rings. The van der Waals surface area contributed by atoms with Crippen LogP contribution in [0.25, 0.3) is 0 Å². The van der Waals surface area contributed by atoms with Gasteiger partial charge in [0.1, 0.15) is 31.5 Å². The van der Waals surface area contributed by atoms with E-state index >= 15 is 0 Å².